The number of nitrogens with one attached hydrogen (secondary N) is 2. The van der Waals surface area contributed by atoms with E-state index < -0.39 is 0 Å². The molecule has 10 rings (SSSR count). The fourth-order valence-corrected chi connectivity index (χ4v) is 9.04. The van der Waals surface area contributed by atoms with Crippen molar-refractivity contribution in [3.8, 4) is 97.8 Å². The van der Waals surface area contributed by atoms with E-state index in [0.717, 1.165) is 22.3 Å². The molecule has 100 heavy (non-hydrogen) atoms. The first-order chi connectivity index (χ1) is 47.9. The molecule has 0 aliphatic carbocycles. The van der Waals surface area contributed by atoms with E-state index in [1.807, 2.05) is 67.5 Å². The van der Waals surface area contributed by atoms with Gasteiger partial charge in [0.15, 0.2) is 52.1 Å². The summed E-state index contributed by atoms with van der Waals surface area (Å²) < 4.78 is 54.7. The van der Waals surface area contributed by atoms with E-state index in [-0.39, 0.29) is 99.6 Å². The van der Waals surface area contributed by atoms with Crippen LogP contribution in [0.2, 0.25) is 0 Å². The van der Waals surface area contributed by atoms with Gasteiger partial charge in [0, 0.05) is 28.3 Å². The lowest BCUT2D eigenvalue weighted by atomic mass is 9.99. The average molecular weight is 1370 g/mol. The highest BCUT2D eigenvalue weighted by Crippen LogP contribution is 2.44. The number of anilines is 8. The fourth-order valence-electron chi connectivity index (χ4n) is 9.04. The van der Waals surface area contributed by atoms with Crippen molar-refractivity contribution in [2.24, 2.45) is 10.9 Å². The molecule has 6 heterocycles. The first kappa shape index (κ1) is 73.8. The van der Waals surface area contributed by atoms with Crippen LogP contribution in [-0.2, 0) is 9.59 Å². The first-order valence-electron chi connectivity index (χ1n) is 29.8. The Morgan fingerprint density at radius 2 is 0.860 bits per heavy atom. The molecule has 0 spiro atoms. The second-order valence-corrected chi connectivity index (χ2v) is 21.9. The van der Waals surface area contributed by atoms with E-state index in [4.69, 9.17) is 92.3 Å². The van der Waals surface area contributed by atoms with Crippen molar-refractivity contribution in [1.29, 1.82) is 5.26 Å². The summed E-state index contributed by atoms with van der Waals surface area (Å²) in [5, 5.41) is 33.7. The van der Waals surface area contributed by atoms with Crippen LogP contribution in [0.3, 0.4) is 0 Å². The predicted octanol–water partition coefficient (Wildman–Crippen LogP) is 9.30. The lowest BCUT2D eigenvalue weighted by Gasteiger charge is -2.18. The zero-order valence-electron chi connectivity index (χ0n) is 56.2. The average Bonchev–Trinajstić information content (AvgIpc) is 1.11. The van der Waals surface area contributed by atoms with Crippen molar-refractivity contribution >= 4 is 65.7 Å². The van der Waals surface area contributed by atoms with Gasteiger partial charge in [0.1, 0.15) is 52.1 Å². The van der Waals surface area contributed by atoms with Gasteiger partial charge in [0.05, 0.1) is 75.5 Å². The zero-order valence-corrected chi connectivity index (χ0v) is 56.2. The minimum Gasteiger partial charge on any atom is -0.496 e. The summed E-state index contributed by atoms with van der Waals surface area (Å²) >= 11 is 0. The van der Waals surface area contributed by atoms with Gasteiger partial charge in [-0.05, 0) is 66.1 Å². The number of hydrogen-bond donors (Lipinski definition) is 10. The molecule has 36 heteroatoms. The normalized spacial score (nSPS) is 10.8. The molecular formula is C64H73N23O13. The molecule has 0 saturated heterocycles. The molecule has 4 aromatic carbocycles. The van der Waals surface area contributed by atoms with E-state index in [2.05, 4.69) is 82.0 Å². The summed E-state index contributed by atoms with van der Waals surface area (Å²) in [5.74, 6) is 6.99. The number of nitrogens with zero attached hydrogens (tertiary/aromatic N) is 14. The molecule has 522 valence electrons. The molecule has 10 aromatic rings. The Balaban J connectivity index is 0.000000188. The number of rotatable bonds is 23. The molecule has 0 aliphatic heterocycles. The molecule has 0 saturated carbocycles. The number of nitrogen functional groups attached to an aromatic ring is 6. The molecule has 0 fully saturated rings. The summed E-state index contributed by atoms with van der Waals surface area (Å²) in [6, 6.07) is 16.0. The molecule has 0 bridgehead atoms. The predicted molar refractivity (Wildman–Crippen MR) is 366 cm³/mol. The Labute approximate surface area is 571 Å². The maximum absolute atomic E-state index is 10.8. The lowest BCUT2D eigenvalue weighted by Crippen LogP contribution is -2.15. The fraction of sp³-hybridized carbons (Fsp3) is 0.250. The van der Waals surface area contributed by atoms with Gasteiger partial charge in [-0.2, -0.15) is 35.2 Å². The molecule has 17 N–H and O–H groups in total. The van der Waals surface area contributed by atoms with Crippen LogP contribution in [0.5, 0.6) is 69.0 Å². The summed E-state index contributed by atoms with van der Waals surface area (Å²) in [6.45, 7) is 16.1. The number of carbonyl (C=O) groups is 2. The first-order valence-corrected chi connectivity index (χ1v) is 29.8. The van der Waals surface area contributed by atoms with Crippen LogP contribution in [0.25, 0.3) is 22.8 Å². The SMILES string of the molecule is COc1cc(C(C)C)c(Oc2cnc(N)nc2N)cc1/C(N)=N/O.COc1cc(C(C)C)c(Oc2cnc(N)nc2N)cc1C#N.COc1cc(C(C)C)c(Oc2cnc(N)nc2NC=O)cc1-c1ncon1.COc1cc(C(C)C)c(Oc2cnc(NC=O)nc2N)cc1-c1ncon1. The third kappa shape index (κ3) is 18.4. The molecule has 6 aromatic heterocycles. The molecule has 0 radical (unpaired) electrons. The second-order valence-electron chi connectivity index (χ2n) is 21.9. The summed E-state index contributed by atoms with van der Waals surface area (Å²) in [7, 11) is 6.14. The molecule has 36 nitrogen and oxygen atoms in total. The minimum absolute atomic E-state index is 0.0120. The molecular weight excluding hydrogens is 1300 g/mol. The van der Waals surface area contributed by atoms with E-state index in [1.54, 1.807) is 50.6 Å². The van der Waals surface area contributed by atoms with Crippen molar-refractivity contribution in [3.63, 3.8) is 0 Å². The highest BCUT2D eigenvalue weighted by molar-refractivity contribution is 6.00. The molecule has 0 unspecified atom stereocenters. The van der Waals surface area contributed by atoms with Crippen LogP contribution in [-0.4, -0.2) is 112 Å². The molecule has 0 aliphatic rings. The van der Waals surface area contributed by atoms with Crippen LogP contribution < -0.4 is 88.7 Å². The second kappa shape index (κ2) is 34.2. The highest BCUT2D eigenvalue weighted by atomic mass is 16.5. The van der Waals surface area contributed by atoms with Gasteiger partial charge in [-0.25, -0.2) is 19.9 Å². The number of methoxy groups -OCH3 is 4. The van der Waals surface area contributed by atoms with Gasteiger partial charge >= 0.3 is 0 Å². The number of hydrogen-bond acceptors (Lipinski definition) is 33. The van der Waals surface area contributed by atoms with Crippen LogP contribution >= 0.6 is 0 Å². The van der Waals surface area contributed by atoms with Gasteiger partial charge in [-0.1, -0.05) is 70.9 Å². The van der Waals surface area contributed by atoms with Crippen molar-refractivity contribution in [2.75, 3.05) is 73.5 Å². The number of oxime groups is 1. The van der Waals surface area contributed by atoms with Gasteiger partial charge in [-0.15, -0.1) is 0 Å². The number of aromatic nitrogens is 12. The van der Waals surface area contributed by atoms with Crippen LogP contribution in [0, 0.1) is 11.3 Å². The van der Waals surface area contributed by atoms with E-state index in [9.17, 15) is 14.9 Å². The number of carbonyl (C=O) groups excluding carboxylic acids is 2. The topological polar surface area (TPSA) is 552 Å². The zero-order chi connectivity index (χ0) is 72.9. The van der Waals surface area contributed by atoms with Gasteiger partial charge in [0.25, 0.3) is 0 Å². The van der Waals surface area contributed by atoms with E-state index >= 15 is 0 Å². The Morgan fingerprint density at radius 1 is 0.480 bits per heavy atom. The summed E-state index contributed by atoms with van der Waals surface area (Å²) in [6.07, 6.45) is 8.96. The van der Waals surface area contributed by atoms with Crippen molar-refractivity contribution in [3.05, 3.63) is 119 Å². The number of amidine groups is 1. The third-order valence-electron chi connectivity index (χ3n) is 13.9. The number of amides is 2. The Bertz CT molecular complexity index is 4530. The van der Waals surface area contributed by atoms with Crippen molar-refractivity contribution in [1.82, 2.24) is 60.2 Å². The van der Waals surface area contributed by atoms with Gasteiger partial charge in [-0.3, -0.25) is 14.9 Å². The standard InChI is InChI=1S/2C17H18N6O4.C15H20N6O3.C15H17N5O2/c1-9(2)10-4-12(25-3)11(16-21-8-26-23-16)5-13(10)27-14-6-19-17(20-7-24)22-15(14)18;1-9(2)10-4-12(25-3)11(15-21-8-26-23-15)5-13(10)27-14-6-19-17(18)22-16(14)20-7-24;1-7(2)8-4-10(23-3)9(13(16)21-22)5-11(8)24-12-6-19-15(18)20-14(12)17;1-8(2)10-5-11(21-3)9(6-16)4-12(10)22-13-7-19-15(18)20-14(13)17/h2*4-9H,1-3H3,(H3,18,19,20,22,24);4-7,22H,1-3H3,(H2,16,21)(H4,17,18,19,20);4-5,7-8H,1-3H3,(H4,17,18,19,20). The van der Waals surface area contributed by atoms with Crippen molar-refractivity contribution < 1.29 is 61.7 Å². The van der Waals surface area contributed by atoms with Crippen LogP contribution in [0.1, 0.15) is 112 Å². The molecule has 0 atom stereocenters. The number of ether oxygens (including phenoxy) is 8. The molecule has 2 amide bonds. The number of benzene rings is 4. The number of nitriles is 1. The summed E-state index contributed by atoms with van der Waals surface area (Å²) in [4.78, 5) is 60.8. The maximum atomic E-state index is 10.8. The van der Waals surface area contributed by atoms with Gasteiger partial charge < -0.3 is 97.6 Å². The van der Waals surface area contributed by atoms with Crippen LogP contribution in [0.15, 0.2) is 100 Å². The Hall–Kier alpha value is -13.6. The third-order valence-corrected chi connectivity index (χ3v) is 13.9. The maximum Gasteiger partial charge on any atom is 0.231 e. The Kier molecular flexibility index (Phi) is 25.2. The van der Waals surface area contributed by atoms with E-state index in [0.29, 0.717) is 92.7 Å². The minimum atomic E-state index is -0.103. The quantitative estimate of drug-likeness (QED) is 0.00936. The van der Waals surface area contributed by atoms with Crippen molar-refractivity contribution in [2.45, 2.75) is 79.1 Å². The lowest BCUT2D eigenvalue weighted by molar-refractivity contribution is -0.106. The summed E-state index contributed by atoms with van der Waals surface area (Å²) in [5.41, 5.74) is 45.2. The largest absolute Gasteiger partial charge is 0.496 e. The van der Waals surface area contributed by atoms with Gasteiger partial charge in [0.2, 0.25) is 61.0 Å². The monoisotopic (exact) mass is 1370 g/mol. The highest BCUT2D eigenvalue weighted by Gasteiger charge is 2.24. The number of nitrogens with two attached hydrogens (primary N) is 7. The Morgan fingerprint density at radius 3 is 1.24 bits per heavy atom. The van der Waals surface area contributed by atoms with E-state index in [1.165, 1.54) is 51.8 Å². The van der Waals surface area contributed by atoms with Crippen LogP contribution in [0.4, 0.5) is 47.1 Å². The smallest absolute Gasteiger partial charge is 0.231 e.